The lowest BCUT2D eigenvalue weighted by Gasteiger charge is -2.58. The molecule has 1 nitrogen and oxygen atoms in total. The zero-order valence-electron chi connectivity index (χ0n) is 17.4. The molecule has 22 heavy (non-hydrogen) atoms. The van der Waals surface area contributed by atoms with Crippen molar-refractivity contribution >= 4 is 41.3 Å². The Morgan fingerprint density at radius 2 is 0.727 bits per heavy atom. The minimum Gasteiger partial charge on any atom is -0.435 e. The molecule has 132 valence electrons. The Kier molecular flexibility index (Phi) is 5.29. The summed E-state index contributed by atoms with van der Waals surface area (Å²) in [5.74, 6) is 0. The highest BCUT2D eigenvalue weighted by Crippen LogP contribution is 2.69. The van der Waals surface area contributed by atoms with E-state index in [1.807, 2.05) is 0 Å². The number of hydrogen-bond acceptors (Lipinski definition) is 1. The van der Waals surface area contributed by atoms with Gasteiger partial charge in [-0.2, -0.15) is 0 Å². The van der Waals surface area contributed by atoms with Gasteiger partial charge >= 0.3 is 0 Å². The summed E-state index contributed by atoms with van der Waals surface area (Å²) in [6.45, 7) is 30.7. The molecule has 0 atom stereocenters. The van der Waals surface area contributed by atoms with Crippen molar-refractivity contribution in [3.05, 3.63) is 0 Å². The largest absolute Gasteiger partial charge is 0.435 e. The predicted molar refractivity (Wildman–Crippen MR) is 117 cm³/mol. The number of hydrogen-bond donors (Lipinski definition) is 1. The quantitative estimate of drug-likeness (QED) is 0.629. The summed E-state index contributed by atoms with van der Waals surface area (Å²) in [5, 5.41) is 0. The molecule has 0 bridgehead atoms. The summed E-state index contributed by atoms with van der Waals surface area (Å²) in [4.78, 5) is 12.2. The van der Waals surface area contributed by atoms with Crippen LogP contribution in [0.15, 0.2) is 0 Å². The van der Waals surface area contributed by atoms with Crippen molar-refractivity contribution in [3.8, 4) is 0 Å². The first-order valence-electron chi connectivity index (χ1n) is 9.04. The van der Waals surface area contributed by atoms with Crippen LogP contribution in [0.2, 0.25) is 87.1 Å². The fourth-order valence-corrected chi connectivity index (χ4v) is 47.5. The molecule has 0 aromatic carbocycles. The third-order valence-electron chi connectivity index (χ3n) is 7.20. The maximum Gasteiger partial charge on any atom is 0.174 e. The van der Waals surface area contributed by atoms with Crippen LogP contribution in [0.25, 0.3) is 0 Å². The Balaban J connectivity index is 3.68. The molecule has 0 spiro atoms. The van der Waals surface area contributed by atoms with E-state index in [4.69, 9.17) is 0 Å². The highest BCUT2D eigenvalue weighted by atomic mass is 28.5. The van der Waals surface area contributed by atoms with E-state index in [1.165, 1.54) is 12.8 Å². The van der Waals surface area contributed by atoms with E-state index in [9.17, 15) is 4.80 Å². The molecular formula is C16H42OSi5. The summed E-state index contributed by atoms with van der Waals surface area (Å²) in [5.41, 5.74) is 0. The monoisotopic (exact) mass is 390 g/mol. The van der Waals surface area contributed by atoms with Crippen LogP contribution >= 0.6 is 0 Å². The van der Waals surface area contributed by atoms with Gasteiger partial charge in [-0.1, -0.05) is 91.4 Å². The van der Waals surface area contributed by atoms with Gasteiger partial charge in [-0.05, 0) is 8.57 Å². The maximum atomic E-state index is 12.2. The second-order valence-electron chi connectivity index (χ2n) is 11.8. The lowest BCUT2D eigenvalue weighted by Crippen LogP contribution is -2.68. The van der Waals surface area contributed by atoms with Gasteiger partial charge in [-0.15, -0.1) is 0 Å². The van der Waals surface area contributed by atoms with E-state index in [-0.39, 0.29) is 0 Å². The fourth-order valence-electron chi connectivity index (χ4n) is 6.48. The van der Waals surface area contributed by atoms with E-state index in [1.54, 1.807) is 0 Å². The van der Waals surface area contributed by atoms with Crippen molar-refractivity contribution in [1.29, 1.82) is 0 Å². The molecule has 0 unspecified atom stereocenters. The standard InChI is InChI=1S/C16H42OSi5/c1-19(2,3)15(20(4,5)6)13-14-16(18(15)17,21(7,8)9)22(10,11)12/h17-18H,13-14H2,1-12H3. The molecule has 1 aliphatic heterocycles. The highest BCUT2D eigenvalue weighted by Gasteiger charge is 2.72. The van der Waals surface area contributed by atoms with Crippen LogP contribution in [0, 0.1) is 0 Å². The summed E-state index contributed by atoms with van der Waals surface area (Å²) < 4.78 is 0.834. The topological polar surface area (TPSA) is 20.2 Å². The zero-order valence-corrected chi connectivity index (χ0v) is 22.6. The van der Waals surface area contributed by atoms with Crippen molar-refractivity contribution in [2.75, 3.05) is 0 Å². The van der Waals surface area contributed by atoms with Crippen LogP contribution < -0.4 is 0 Å². The van der Waals surface area contributed by atoms with Gasteiger partial charge in [0, 0.05) is 32.3 Å². The first-order chi connectivity index (χ1) is 9.36. The van der Waals surface area contributed by atoms with Crippen LogP contribution in [0.1, 0.15) is 12.8 Å². The third-order valence-corrected chi connectivity index (χ3v) is 44.0. The molecule has 0 aromatic heterocycles. The first kappa shape index (κ1) is 21.1. The minimum absolute atomic E-state index is 0.417. The SMILES string of the molecule is C[Si](C)(C)C1([Si](C)(C)C)CCC([Si](C)(C)C)([Si](C)(C)C)[SiH]1O. The Morgan fingerprint density at radius 1 is 0.545 bits per heavy atom. The molecular weight excluding hydrogens is 349 g/mol. The second kappa shape index (κ2) is 5.52. The van der Waals surface area contributed by atoms with E-state index in [2.05, 4.69) is 78.6 Å². The van der Waals surface area contributed by atoms with Gasteiger partial charge in [0.25, 0.3) is 0 Å². The van der Waals surface area contributed by atoms with Gasteiger partial charge in [-0.3, -0.25) is 0 Å². The first-order valence-corrected chi connectivity index (χ1v) is 24.7. The van der Waals surface area contributed by atoms with Crippen molar-refractivity contribution < 1.29 is 4.80 Å². The fraction of sp³-hybridized carbons (Fsp3) is 1.00. The molecule has 1 saturated heterocycles. The van der Waals surface area contributed by atoms with Crippen LogP contribution in [-0.4, -0.2) is 46.1 Å². The molecule has 1 heterocycles. The Labute approximate surface area is 146 Å². The van der Waals surface area contributed by atoms with Crippen LogP contribution in [0.5, 0.6) is 0 Å². The van der Waals surface area contributed by atoms with Crippen molar-refractivity contribution in [1.82, 2.24) is 0 Å². The molecule has 0 amide bonds. The lowest BCUT2D eigenvalue weighted by atomic mass is 10.4. The van der Waals surface area contributed by atoms with Crippen molar-refractivity contribution in [3.63, 3.8) is 0 Å². The molecule has 0 radical (unpaired) electrons. The minimum atomic E-state index is -1.80. The highest BCUT2D eigenvalue weighted by molar-refractivity contribution is 7.19. The van der Waals surface area contributed by atoms with E-state index in [0.29, 0.717) is 8.57 Å². The van der Waals surface area contributed by atoms with Crippen molar-refractivity contribution in [2.45, 2.75) is 100.0 Å². The Morgan fingerprint density at radius 3 is 0.818 bits per heavy atom. The molecule has 1 fully saturated rings. The summed E-state index contributed by atoms with van der Waals surface area (Å²) in [6, 6.07) is 0. The summed E-state index contributed by atoms with van der Waals surface area (Å²) >= 11 is 0. The smallest absolute Gasteiger partial charge is 0.174 e. The van der Waals surface area contributed by atoms with Gasteiger partial charge in [0.2, 0.25) is 0 Å². The molecule has 0 saturated carbocycles. The molecule has 6 heteroatoms. The Hall–Kier alpha value is 1.04. The molecule has 0 aromatic rings. The average Bonchev–Trinajstić information content (AvgIpc) is 2.49. The Bertz CT molecular complexity index is 352. The van der Waals surface area contributed by atoms with Gasteiger partial charge in [-0.25, -0.2) is 0 Å². The van der Waals surface area contributed by atoms with E-state index in [0.717, 1.165) is 0 Å². The molecule has 0 aliphatic carbocycles. The zero-order chi connectivity index (χ0) is 18.0. The summed E-state index contributed by atoms with van der Waals surface area (Å²) in [7, 11) is -7.41. The molecule has 1 rings (SSSR count). The van der Waals surface area contributed by atoms with E-state index >= 15 is 0 Å². The van der Waals surface area contributed by atoms with Gasteiger partial charge < -0.3 is 4.80 Å². The predicted octanol–water partition coefficient (Wildman–Crippen LogP) is 5.49. The van der Waals surface area contributed by atoms with Crippen LogP contribution in [0.3, 0.4) is 0 Å². The molecule has 1 aliphatic rings. The van der Waals surface area contributed by atoms with E-state index < -0.39 is 41.3 Å². The molecule has 1 N–H and O–H groups in total. The number of rotatable bonds is 4. The van der Waals surface area contributed by atoms with Crippen molar-refractivity contribution in [2.24, 2.45) is 0 Å². The van der Waals surface area contributed by atoms with Gasteiger partial charge in [0.15, 0.2) is 9.04 Å². The summed E-state index contributed by atoms with van der Waals surface area (Å²) in [6.07, 6.45) is 2.72. The third kappa shape index (κ3) is 2.69. The van der Waals surface area contributed by atoms with Gasteiger partial charge in [0.1, 0.15) is 0 Å². The lowest BCUT2D eigenvalue weighted by molar-refractivity contribution is 0.550. The average molecular weight is 391 g/mol. The maximum absolute atomic E-state index is 12.2. The second-order valence-corrected chi connectivity index (χ2v) is 39.5. The van der Waals surface area contributed by atoms with Crippen LogP contribution in [0.4, 0.5) is 0 Å². The van der Waals surface area contributed by atoms with Gasteiger partial charge in [0.05, 0.1) is 0 Å². The van der Waals surface area contributed by atoms with Crippen LogP contribution in [-0.2, 0) is 0 Å². The normalized spacial score (nSPS) is 23.9.